The molecule has 37 heavy (non-hydrogen) atoms. The van der Waals surface area contributed by atoms with Crippen molar-refractivity contribution in [3.63, 3.8) is 0 Å². The average molecular weight is 555 g/mol. The van der Waals surface area contributed by atoms with E-state index in [0.717, 1.165) is 10.0 Å². The van der Waals surface area contributed by atoms with Gasteiger partial charge in [0.2, 0.25) is 11.8 Å². The minimum atomic E-state index is -1.12. The fraction of sp³-hybridized carbons (Fsp3) is 0.241. The van der Waals surface area contributed by atoms with E-state index in [9.17, 15) is 14.4 Å². The van der Waals surface area contributed by atoms with Gasteiger partial charge in [0.05, 0.1) is 34.1 Å². The number of benzene rings is 3. The number of nitrogens with one attached hydrogen (secondary N) is 1. The predicted molar refractivity (Wildman–Crippen MR) is 143 cm³/mol. The Labute approximate surface area is 221 Å². The lowest BCUT2D eigenvalue weighted by atomic mass is 9.75. The molecule has 1 N–H and O–H groups in total. The summed E-state index contributed by atoms with van der Waals surface area (Å²) in [6.07, 6.45) is 0. The number of aromatic nitrogens is 2. The van der Waals surface area contributed by atoms with Crippen molar-refractivity contribution in [2.75, 3.05) is 4.90 Å². The van der Waals surface area contributed by atoms with Gasteiger partial charge in [-0.15, -0.1) is 0 Å². The maximum absolute atomic E-state index is 14.3. The van der Waals surface area contributed by atoms with Crippen LogP contribution in [0.1, 0.15) is 25.2 Å². The van der Waals surface area contributed by atoms with Crippen LogP contribution in [0.5, 0.6) is 0 Å². The highest BCUT2D eigenvalue weighted by atomic mass is 79.9. The second-order valence-electron chi connectivity index (χ2n) is 10.3. The summed E-state index contributed by atoms with van der Waals surface area (Å²) in [4.78, 5) is 48.5. The average Bonchev–Trinajstić information content (AvgIpc) is 3.48. The van der Waals surface area contributed by atoms with Crippen molar-refractivity contribution >= 4 is 44.3 Å². The number of fused-ring (bicyclic) bond motifs is 8. The van der Waals surface area contributed by atoms with Gasteiger partial charge in [0, 0.05) is 16.1 Å². The van der Waals surface area contributed by atoms with E-state index in [1.807, 2.05) is 54.6 Å². The lowest BCUT2D eigenvalue weighted by Crippen LogP contribution is -2.51. The monoisotopic (exact) mass is 554 g/mol. The summed E-state index contributed by atoms with van der Waals surface area (Å²) < 4.78 is 2.41. The van der Waals surface area contributed by atoms with E-state index >= 15 is 0 Å². The quantitative estimate of drug-likeness (QED) is 0.376. The van der Waals surface area contributed by atoms with Crippen molar-refractivity contribution in [2.45, 2.75) is 25.4 Å². The van der Waals surface area contributed by atoms with E-state index in [4.69, 9.17) is 4.98 Å². The highest BCUT2D eigenvalue weighted by molar-refractivity contribution is 9.10. The molecule has 0 radical (unpaired) electrons. The molecular formula is C29H23BrN4O3. The Morgan fingerprint density at radius 1 is 0.946 bits per heavy atom. The minimum absolute atomic E-state index is 0.0551. The SMILES string of the molecule is CC(C)[C@H]1N[C@@]2(c3ccccc3-n3c2nc2ccccc2c3=O)[C@H]2C(=O)N(c3cccc(Br)c3)C(=O)[C@@H]12. The second-order valence-corrected chi connectivity index (χ2v) is 11.2. The van der Waals surface area contributed by atoms with Gasteiger partial charge in [-0.3, -0.25) is 24.3 Å². The molecule has 0 unspecified atom stereocenters. The van der Waals surface area contributed by atoms with Crippen molar-refractivity contribution in [2.24, 2.45) is 17.8 Å². The number of amides is 2. The van der Waals surface area contributed by atoms with Gasteiger partial charge in [-0.25, -0.2) is 9.88 Å². The van der Waals surface area contributed by atoms with Crippen molar-refractivity contribution in [3.8, 4) is 5.69 Å². The zero-order chi connectivity index (χ0) is 25.6. The third-order valence-electron chi connectivity index (χ3n) is 8.08. The van der Waals surface area contributed by atoms with Crippen LogP contribution in [0.2, 0.25) is 0 Å². The molecule has 8 heteroatoms. The molecule has 0 aliphatic carbocycles. The molecule has 2 fully saturated rings. The largest absolute Gasteiger partial charge is 0.296 e. The summed E-state index contributed by atoms with van der Waals surface area (Å²) in [7, 11) is 0. The number of imide groups is 1. The Morgan fingerprint density at radius 2 is 1.70 bits per heavy atom. The maximum Gasteiger partial charge on any atom is 0.266 e. The number of anilines is 1. The first kappa shape index (κ1) is 22.6. The summed E-state index contributed by atoms with van der Waals surface area (Å²) >= 11 is 3.47. The van der Waals surface area contributed by atoms with Crippen LogP contribution < -0.4 is 15.8 Å². The maximum atomic E-state index is 14.3. The number of nitrogens with zero attached hydrogens (tertiary/aromatic N) is 3. The number of rotatable bonds is 2. The van der Waals surface area contributed by atoms with E-state index in [2.05, 4.69) is 35.1 Å². The summed E-state index contributed by atoms with van der Waals surface area (Å²) in [5, 5.41) is 4.23. The minimum Gasteiger partial charge on any atom is -0.296 e. The molecule has 4 aromatic rings. The van der Waals surface area contributed by atoms with Gasteiger partial charge in [0.15, 0.2) is 0 Å². The Kier molecular flexibility index (Phi) is 4.69. The van der Waals surface area contributed by atoms with Crippen LogP contribution in [0.25, 0.3) is 16.6 Å². The topological polar surface area (TPSA) is 84.3 Å². The molecule has 0 saturated carbocycles. The molecular weight excluding hydrogens is 532 g/mol. The van der Waals surface area contributed by atoms with E-state index < -0.39 is 17.4 Å². The fourth-order valence-corrected chi connectivity index (χ4v) is 6.98. The normalized spacial score (nSPS) is 25.8. The van der Waals surface area contributed by atoms with Crippen LogP contribution in [0.4, 0.5) is 5.69 Å². The number of para-hydroxylation sites is 2. The Bertz CT molecular complexity index is 1710. The second kappa shape index (κ2) is 7.69. The van der Waals surface area contributed by atoms with Crippen LogP contribution >= 0.6 is 15.9 Å². The summed E-state index contributed by atoms with van der Waals surface area (Å²) in [6, 6.07) is 21.8. The number of carbonyl (C=O) groups excluding carboxylic acids is 2. The summed E-state index contributed by atoms with van der Waals surface area (Å²) in [5.74, 6) is -1.35. The fourth-order valence-electron chi connectivity index (χ4n) is 6.59. The van der Waals surface area contributed by atoms with E-state index in [1.54, 1.807) is 22.8 Å². The third-order valence-corrected chi connectivity index (χ3v) is 8.57. The van der Waals surface area contributed by atoms with Gasteiger partial charge in [0.25, 0.3) is 5.56 Å². The lowest BCUT2D eigenvalue weighted by molar-refractivity contribution is -0.123. The molecule has 1 spiro atoms. The third kappa shape index (κ3) is 2.80. The van der Waals surface area contributed by atoms with Gasteiger partial charge in [-0.2, -0.15) is 0 Å². The zero-order valence-corrected chi connectivity index (χ0v) is 21.8. The Morgan fingerprint density at radius 3 is 2.49 bits per heavy atom. The van der Waals surface area contributed by atoms with Crippen LogP contribution in [0.15, 0.2) is 82.1 Å². The van der Waals surface area contributed by atoms with Crippen LogP contribution in [0.3, 0.4) is 0 Å². The van der Waals surface area contributed by atoms with Crippen molar-refractivity contribution in [1.82, 2.24) is 14.9 Å². The van der Waals surface area contributed by atoms with E-state index in [0.29, 0.717) is 28.1 Å². The van der Waals surface area contributed by atoms with Crippen LogP contribution in [-0.2, 0) is 15.1 Å². The molecule has 3 aliphatic heterocycles. The first-order valence-corrected chi connectivity index (χ1v) is 13.2. The molecule has 7 rings (SSSR count). The van der Waals surface area contributed by atoms with Crippen LogP contribution in [0, 0.1) is 17.8 Å². The van der Waals surface area contributed by atoms with Crippen LogP contribution in [-0.4, -0.2) is 27.4 Å². The first-order valence-electron chi connectivity index (χ1n) is 12.4. The van der Waals surface area contributed by atoms with Gasteiger partial charge < -0.3 is 0 Å². The number of halogens is 1. The molecule has 4 heterocycles. The predicted octanol–water partition coefficient (Wildman–Crippen LogP) is 4.14. The lowest BCUT2D eigenvalue weighted by Gasteiger charge is -2.32. The Hall–Kier alpha value is -3.62. The standard InChI is InChI=1S/C29H23BrN4O3/c1-15(2)24-22-23(27(37)33(26(22)36)17-9-7-8-16(30)14-17)29(32-24)19-11-4-6-13-21(19)34-25(35)18-10-3-5-12-20(18)31-28(29)34/h3-15,22-24,32H,1-2H3/t22-,23-,24-,29+/m1/s1. The van der Waals surface area contributed by atoms with Crippen molar-refractivity contribution in [3.05, 3.63) is 99.0 Å². The van der Waals surface area contributed by atoms with E-state index in [1.165, 1.54) is 4.90 Å². The van der Waals surface area contributed by atoms with Crippen molar-refractivity contribution in [1.29, 1.82) is 0 Å². The highest BCUT2D eigenvalue weighted by Gasteiger charge is 2.70. The van der Waals surface area contributed by atoms with Gasteiger partial charge in [-0.1, -0.05) is 66.2 Å². The van der Waals surface area contributed by atoms with E-state index in [-0.39, 0.29) is 29.3 Å². The molecule has 2 amide bonds. The molecule has 7 nitrogen and oxygen atoms in total. The van der Waals surface area contributed by atoms with Gasteiger partial charge in [-0.05, 0) is 42.3 Å². The summed E-state index contributed by atoms with van der Waals surface area (Å²) in [6.45, 7) is 4.10. The highest BCUT2D eigenvalue weighted by Crippen LogP contribution is 2.56. The molecule has 1 aromatic heterocycles. The first-order chi connectivity index (χ1) is 17.8. The molecule has 184 valence electrons. The van der Waals surface area contributed by atoms with Crippen molar-refractivity contribution < 1.29 is 9.59 Å². The van der Waals surface area contributed by atoms with Gasteiger partial charge in [0.1, 0.15) is 11.4 Å². The number of carbonyl (C=O) groups is 2. The Balaban J connectivity index is 1.54. The smallest absolute Gasteiger partial charge is 0.266 e. The van der Waals surface area contributed by atoms with Gasteiger partial charge >= 0.3 is 0 Å². The number of hydrogen-bond acceptors (Lipinski definition) is 5. The number of hydrogen-bond donors (Lipinski definition) is 1. The molecule has 4 atom stereocenters. The molecule has 3 aliphatic rings. The summed E-state index contributed by atoms with van der Waals surface area (Å²) in [5.41, 5.74) is 1.29. The molecule has 3 aromatic carbocycles. The zero-order valence-electron chi connectivity index (χ0n) is 20.2. The molecule has 2 saturated heterocycles. The molecule has 0 bridgehead atoms.